The summed E-state index contributed by atoms with van der Waals surface area (Å²) in [6, 6.07) is 19.2. The molecule has 0 unspecified atom stereocenters. The second-order valence-corrected chi connectivity index (χ2v) is 8.94. The van der Waals surface area contributed by atoms with Crippen molar-refractivity contribution in [1.82, 2.24) is 9.38 Å². The van der Waals surface area contributed by atoms with Crippen LogP contribution < -0.4 is 15.2 Å². The smallest absolute Gasteiger partial charge is 0.211 e. The van der Waals surface area contributed by atoms with Crippen molar-refractivity contribution in [2.24, 2.45) is 0 Å². The summed E-state index contributed by atoms with van der Waals surface area (Å²) < 4.78 is 12.6. The molecular weight excluding hydrogens is 458 g/mol. The lowest BCUT2D eigenvalue weighted by molar-refractivity contribution is 0.103. The van der Waals surface area contributed by atoms with Crippen LogP contribution in [0.3, 0.4) is 0 Å². The quantitative estimate of drug-likeness (QED) is 0.282. The highest BCUT2D eigenvalue weighted by Crippen LogP contribution is 2.40. The van der Waals surface area contributed by atoms with E-state index in [-0.39, 0.29) is 5.78 Å². The molecule has 0 amide bonds. The van der Waals surface area contributed by atoms with Crippen LogP contribution in [0.1, 0.15) is 28.5 Å². The Morgan fingerprint density at radius 2 is 1.80 bits per heavy atom. The zero-order valence-electron chi connectivity index (χ0n) is 19.7. The Labute approximate surface area is 207 Å². The summed E-state index contributed by atoms with van der Waals surface area (Å²) in [4.78, 5) is 18.4. The standard InChI is InChI=1S/C28H25N3O3S/c1-4-17-8-10-18(11-9-17)27(32)26-25(29)24(21-7-5-6-14-31(21)26)28-30-20(16-35-28)19-12-13-22(33-2)23(15-19)34-3/h5-16H,4,29H2,1-3H3. The molecule has 0 aliphatic rings. The third kappa shape index (κ3) is 3.94. The number of benzene rings is 2. The van der Waals surface area contributed by atoms with Crippen LogP contribution >= 0.6 is 11.3 Å². The summed E-state index contributed by atoms with van der Waals surface area (Å²) in [6.45, 7) is 2.09. The highest BCUT2D eigenvalue weighted by molar-refractivity contribution is 7.13. The molecule has 5 rings (SSSR count). The zero-order valence-corrected chi connectivity index (χ0v) is 20.6. The largest absolute Gasteiger partial charge is 0.493 e. The van der Waals surface area contributed by atoms with E-state index in [1.165, 1.54) is 16.9 Å². The number of nitrogens with two attached hydrogens (primary N) is 1. The summed E-state index contributed by atoms with van der Waals surface area (Å²) >= 11 is 1.49. The van der Waals surface area contributed by atoms with Crippen LogP contribution in [-0.4, -0.2) is 29.4 Å². The summed E-state index contributed by atoms with van der Waals surface area (Å²) in [6.07, 6.45) is 2.78. The van der Waals surface area contributed by atoms with Gasteiger partial charge < -0.3 is 19.6 Å². The van der Waals surface area contributed by atoms with E-state index in [1.54, 1.807) is 14.2 Å². The maximum atomic E-state index is 13.5. The predicted octanol–water partition coefficient (Wildman–Crippen LogP) is 6.12. The Kier molecular flexibility index (Phi) is 6.01. The van der Waals surface area contributed by atoms with Crippen LogP contribution in [0, 0.1) is 0 Å². The number of carbonyl (C=O) groups excluding carboxylic acids is 1. The Bertz CT molecular complexity index is 1530. The number of thiazole rings is 1. The molecule has 2 aromatic carbocycles. The number of nitrogen functional groups attached to an aromatic ring is 1. The molecule has 0 bridgehead atoms. The topological polar surface area (TPSA) is 78.9 Å². The lowest BCUT2D eigenvalue weighted by Gasteiger charge is -2.08. The first-order valence-corrected chi connectivity index (χ1v) is 12.1. The van der Waals surface area contributed by atoms with E-state index >= 15 is 0 Å². The Morgan fingerprint density at radius 1 is 1.03 bits per heavy atom. The van der Waals surface area contributed by atoms with Crippen LogP contribution in [0.15, 0.2) is 72.2 Å². The summed E-state index contributed by atoms with van der Waals surface area (Å²) in [5.74, 6) is 1.18. The second-order valence-electron chi connectivity index (χ2n) is 8.08. The predicted molar refractivity (Wildman–Crippen MR) is 141 cm³/mol. The van der Waals surface area contributed by atoms with Crippen molar-refractivity contribution in [3.63, 3.8) is 0 Å². The molecule has 0 radical (unpaired) electrons. The average molecular weight is 484 g/mol. The molecule has 3 heterocycles. The fourth-order valence-corrected chi connectivity index (χ4v) is 5.13. The number of methoxy groups -OCH3 is 2. The molecular formula is C28H25N3O3S. The number of hydrogen-bond acceptors (Lipinski definition) is 6. The Hall–Kier alpha value is -4.10. The van der Waals surface area contributed by atoms with E-state index in [2.05, 4.69) is 6.92 Å². The maximum absolute atomic E-state index is 13.5. The van der Waals surface area contributed by atoms with Gasteiger partial charge in [-0.05, 0) is 42.3 Å². The first-order chi connectivity index (χ1) is 17.0. The van der Waals surface area contributed by atoms with E-state index in [0.717, 1.165) is 33.8 Å². The van der Waals surface area contributed by atoms with Crippen LogP contribution in [0.4, 0.5) is 5.69 Å². The molecule has 0 aliphatic heterocycles. The van der Waals surface area contributed by atoms with Crippen molar-refractivity contribution in [2.75, 3.05) is 20.0 Å². The minimum atomic E-state index is -0.116. The average Bonchev–Trinajstić information content (AvgIpc) is 3.49. The number of pyridine rings is 1. The fourth-order valence-electron chi connectivity index (χ4n) is 4.23. The van der Waals surface area contributed by atoms with Gasteiger partial charge in [-0.1, -0.05) is 37.3 Å². The van der Waals surface area contributed by atoms with Crippen molar-refractivity contribution in [3.05, 3.63) is 89.1 Å². The van der Waals surface area contributed by atoms with E-state index in [0.29, 0.717) is 28.4 Å². The van der Waals surface area contributed by atoms with Gasteiger partial charge in [-0.25, -0.2) is 4.98 Å². The molecule has 0 spiro atoms. The second kappa shape index (κ2) is 9.27. The lowest BCUT2D eigenvalue weighted by atomic mass is 10.0. The minimum absolute atomic E-state index is 0.116. The molecule has 0 saturated carbocycles. The van der Waals surface area contributed by atoms with Gasteiger partial charge in [0.15, 0.2) is 11.5 Å². The first-order valence-electron chi connectivity index (χ1n) is 11.3. The van der Waals surface area contributed by atoms with Crippen LogP contribution in [0.5, 0.6) is 11.5 Å². The van der Waals surface area contributed by atoms with Crippen molar-refractivity contribution in [3.8, 4) is 33.3 Å². The van der Waals surface area contributed by atoms with E-state index < -0.39 is 0 Å². The van der Waals surface area contributed by atoms with Crippen molar-refractivity contribution >= 4 is 28.3 Å². The molecule has 0 fully saturated rings. The van der Waals surface area contributed by atoms with Crippen molar-refractivity contribution in [1.29, 1.82) is 0 Å². The van der Waals surface area contributed by atoms with Crippen LogP contribution in [-0.2, 0) is 6.42 Å². The van der Waals surface area contributed by atoms with Crippen LogP contribution in [0.2, 0.25) is 0 Å². The van der Waals surface area contributed by atoms with E-state index in [1.807, 2.05) is 76.6 Å². The maximum Gasteiger partial charge on any atom is 0.211 e. The molecule has 0 aliphatic carbocycles. The molecule has 35 heavy (non-hydrogen) atoms. The number of aryl methyl sites for hydroxylation is 1. The number of hydrogen-bond donors (Lipinski definition) is 1. The normalized spacial score (nSPS) is 11.1. The molecule has 3 aromatic heterocycles. The number of nitrogens with zero attached hydrogens (tertiary/aromatic N) is 2. The van der Waals surface area contributed by atoms with Gasteiger partial charge in [0.1, 0.15) is 10.7 Å². The lowest BCUT2D eigenvalue weighted by Crippen LogP contribution is -2.08. The van der Waals surface area contributed by atoms with Gasteiger partial charge in [-0.3, -0.25) is 4.79 Å². The molecule has 0 saturated heterocycles. The number of carbonyl (C=O) groups is 1. The third-order valence-electron chi connectivity index (χ3n) is 6.12. The SMILES string of the molecule is CCc1ccc(C(=O)c2c(N)c(-c3nc(-c4ccc(OC)c(OC)c4)cs3)c3ccccn23)cc1. The van der Waals surface area contributed by atoms with Crippen molar-refractivity contribution in [2.45, 2.75) is 13.3 Å². The van der Waals surface area contributed by atoms with Gasteiger partial charge in [-0.2, -0.15) is 0 Å². The zero-order chi connectivity index (χ0) is 24.5. The van der Waals surface area contributed by atoms with Gasteiger partial charge in [0.05, 0.1) is 36.7 Å². The van der Waals surface area contributed by atoms with E-state index in [9.17, 15) is 4.79 Å². The third-order valence-corrected chi connectivity index (χ3v) is 6.98. The number of fused-ring (bicyclic) bond motifs is 1. The van der Waals surface area contributed by atoms with Crippen molar-refractivity contribution < 1.29 is 14.3 Å². The number of aromatic nitrogens is 2. The number of anilines is 1. The number of ether oxygens (including phenoxy) is 2. The van der Waals surface area contributed by atoms with Gasteiger partial charge in [0, 0.05) is 22.7 Å². The first kappa shape index (κ1) is 22.7. The Balaban J connectivity index is 1.60. The molecule has 5 aromatic rings. The number of ketones is 1. The Morgan fingerprint density at radius 3 is 2.51 bits per heavy atom. The minimum Gasteiger partial charge on any atom is -0.493 e. The number of rotatable bonds is 7. The van der Waals surface area contributed by atoms with E-state index in [4.69, 9.17) is 20.2 Å². The van der Waals surface area contributed by atoms with Gasteiger partial charge >= 0.3 is 0 Å². The summed E-state index contributed by atoms with van der Waals surface area (Å²) in [5.41, 5.74) is 12.6. The van der Waals surface area contributed by atoms with Crippen LogP contribution in [0.25, 0.3) is 27.3 Å². The molecule has 176 valence electrons. The molecule has 0 atom stereocenters. The monoisotopic (exact) mass is 483 g/mol. The highest BCUT2D eigenvalue weighted by atomic mass is 32.1. The molecule has 2 N–H and O–H groups in total. The summed E-state index contributed by atoms with van der Waals surface area (Å²) in [7, 11) is 3.22. The molecule has 7 heteroatoms. The fraction of sp³-hybridized carbons (Fsp3) is 0.143. The highest BCUT2D eigenvalue weighted by Gasteiger charge is 2.25. The van der Waals surface area contributed by atoms with Gasteiger partial charge in [0.2, 0.25) is 5.78 Å². The molecule has 6 nitrogen and oxygen atoms in total. The van der Waals surface area contributed by atoms with Gasteiger partial charge in [-0.15, -0.1) is 11.3 Å². The summed E-state index contributed by atoms with van der Waals surface area (Å²) in [5, 5.41) is 2.73. The van der Waals surface area contributed by atoms with Gasteiger partial charge in [0.25, 0.3) is 0 Å².